The van der Waals surface area contributed by atoms with Crippen molar-refractivity contribution < 1.29 is 8.78 Å². The molecule has 0 N–H and O–H groups in total. The van der Waals surface area contributed by atoms with E-state index < -0.39 is 11.6 Å². The van der Waals surface area contributed by atoms with E-state index in [4.69, 9.17) is 0 Å². The fraction of sp³-hybridized carbons (Fsp3) is 0.538. The van der Waals surface area contributed by atoms with Gasteiger partial charge in [0.2, 0.25) is 0 Å². The molecule has 0 spiro atoms. The summed E-state index contributed by atoms with van der Waals surface area (Å²) < 4.78 is 27.5. The van der Waals surface area contributed by atoms with Gasteiger partial charge >= 0.3 is 0 Å². The molecule has 4 heteroatoms. The van der Waals surface area contributed by atoms with Crippen molar-refractivity contribution in [2.45, 2.75) is 26.8 Å². The van der Waals surface area contributed by atoms with Crippen molar-refractivity contribution in [1.29, 1.82) is 0 Å². The molecule has 0 heterocycles. The van der Waals surface area contributed by atoms with Crippen molar-refractivity contribution in [1.82, 2.24) is 4.90 Å². The van der Waals surface area contributed by atoms with Crippen LogP contribution < -0.4 is 0 Å². The molecule has 0 fully saturated rings. The molecule has 0 atom stereocenters. The van der Waals surface area contributed by atoms with E-state index in [0.717, 1.165) is 13.0 Å². The fourth-order valence-electron chi connectivity index (χ4n) is 1.54. The predicted molar refractivity (Wildman–Crippen MR) is 69.8 cm³/mol. The van der Waals surface area contributed by atoms with Crippen LogP contribution in [0.15, 0.2) is 16.6 Å². The number of hydrogen-bond acceptors (Lipinski definition) is 1. The molecule has 0 aliphatic rings. The third-order valence-corrected chi connectivity index (χ3v) is 3.27. The highest BCUT2D eigenvalue weighted by atomic mass is 79.9. The molecule has 1 nitrogen and oxygen atoms in total. The third kappa shape index (κ3) is 4.36. The Bertz CT molecular complexity index is 380. The summed E-state index contributed by atoms with van der Waals surface area (Å²) in [7, 11) is 1.88. The van der Waals surface area contributed by atoms with Gasteiger partial charge in [-0.15, -0.1) is 0 Å². The van der Waals surface area contributed by atoms with Gasteiger partial charge in [-0.05, 0) is 54.0 Å². The molecule has 0 saturated heterocycles. The van der Waals surface area contributed by atoms with Crippen LogP contribution in [0.4, 0.5) is 8.78 Å². The molecule has 1 rings (SSSR count). The first-order valence-corrected chi connectivity index (χ1v) is 6.52. The SMILES string of the molecule is CC(C)CCN(C)Cc1c(F)ccc(Br)c1F. The zero-order valence-corrected chi connectivity index (χ0v) is 12.0. The highest BCUT2D eigenvalue weighted by Gasteiger charge is 2.14. The van der Waals surface area contributed by atoms with E-state index in [-0.39, 0.29) is 5.56 Å². The fourth-order valence-corrected chi connectivity index (χ4v) is 1.91. The van der Waals surface area contributed by atoms with Crippen molar-refractivity contribution in [2.75, 3.05) is 13.6 Å². The molecule has 17 heavy (non-hydrogen) atoms. The van der Waals surface area contributed by atoms with Crippen molar-refractivity contribution in [3.8, 4) is 0 Å². The lowest BCUT2D eigenvalue weighted by atomic mass is 10.1. The molecule has 0 bridgehead atoms. The quantitative estimate of drug-likeness (QED) is 0.737. The first kappa shape index (κ1) is 14.6. The molecule has 96 valence electrons. The average Bonchev–Trinajstić information content (AvgIpc) is 2.27. The Morgan fingerprint density at radius 2 is 1.94 bits per heavy atom. The molecular formula is C13H18BrF2N. The zero-order valence-electron chi connectivity index (χ0n) is 10.4. The van der Waals surface area contributed by atoms with Crippen molar-refractivity contribution >= 4 is 15.9 Å². The van der Waals surface area contributed by atoms with Crippen LogP contribution in [0, 0.1) is 17.6 Å². The first-order chi connectivity index (χ1) is 7.91. The van der Waals surface area contributed by atoms with Crippen LogP contribution in [0.2, 0.25) is 0 Å². The van der Waals surface area contributed by atoms with Crippen LogP contribution >= 0.6 is 15.9 Å². The van der Waals surface area contributed by atoms with E-state index in [2.05, 4.69) is 29.8 Å². The standard InChI is InChI=1S/C13H18BrF2N/c1-9(2)6-7-17(3)8-10-12(15)5-4-11(14)13(10)16/h4-5,9H,6-8H2,1-3H3. The van der Waals surface area contributed by atoms with E-state index >= 15 is 0 Å². The molecular weight excluding hydrogens is 288 g/mol. The summed E-state index contributed by atoms with van der Waals surface area (Å²) in [6.07, 6.45) is 1.02. The molecule has 0 amide bonds. The van der Waals surface area contributed by atoms with Crippen LogP contribution in [0.25, 0.3) is 0 Å². The molecule has 0 aliphatic carbocycles. The Hall–Kier alpha value is -0.480. The Morgan fingerprint density at radius 3 is 2.53 bits per heavy atom. The largest absolute Gasteiger partial charge is 0.302 e. The van der Waals surface area contributed by atoms with Gasteiger partial charge in [0.25, 0.3) is 0 Å². The van der Waals surface area contributed by atoms with E-state index in [1.54, 1.807) is 0 Å². The van der Waals surface area contributed by atoms with E-state index in [1.807, 2.05) is 11.9 Å². The highest BCUT2D eigenvalue weighted by Crippen LogP contribution is 2.22. The summed E-state index contributed by atoms with van der Waals surface area (Å²) in [5.41, 5.74) is 0.130. The minimum absolute atomic E-state index is 0.130. The number of benzene rings is 1. The molecule has 0 aliphatic heterocycles. The second kappa shape index (κ2) is 6.45. The van der Waals surface area contributed by atoms with Gasteiger partial charge in [-0.2, -0.15) is 0 Å². The number of halogens is 3. The van der Waals surface area contributed by atoms with Gasteiger partial charge in [0.15, 0.2) is 0 Å². The van der Waals surface area contributed by atoms with Gasteiger partial charge < -0.3 is 4.90 Å². The van der Waals surface area contributed by atoms with E-state index in [0.29, 0.717) is 16.9 Å². The third-order valence-electron chi connectivity index (χ3n) is 2.66. The maximum Gasteiger partial charge on any atom is 0.144 e. The second-order valence-electron chi connectivity index (χ2n) is 4.74. The predicted octanol–water partition coefficient (Wildman–Crippen LogP) is 4.21. The van der Waals surface area contributed by atoms with Gasteiger partial charge in [0.1, 0.15) is 11.6 Å². The van der Waals surface area contributed by atoms with E-state index in [9.17, 15) is 8.78 Å². The Morgan fingerprint density at radius 1 is 1.29 bits per heavy atom. The Labute approximate surface area is 110 Å². The summed E-state index contributed by atoms with van der Waals surface area (Å²) >= 11 is 3.07. The highest BCUT2D eigenvalue weighted by molar-refractivity contribution is 9.10. The topological polar surface area (TPSA) is 3.24 Å². The smallest absolute Gasteiger partial charge is 0.144 e. The van der Waals surface area contributed by atoms with Crippen LogP contribution in [0.1, 0.15) is 25.8 Å². The molecule has 0 unspecified atom stereocenters. The van der Waals surface area contributed by atoms with Crippen molar-refractivity contribution in [3.05, 3.63) is 33.8 Å². The molecule has 0 aromatic heterocycles. The van der Waals surface area contributed by atoms with Gasteiger partial charge in [0.05, 0.1) is 4.47 Å². The summed E-state index contributed by atoms with van der Waals surface area (Å²) in [6, 6.07) is 2.68. The van der Waals surface area contributed by atoms with Gasteiger partial charge in [-0.25, -0.2) is 8.78 Å². The lowest BCUT2D eigenvalue weighted by Gasteiger charge is -2.18. The minimum Gasteiger partial charge on any atom is -0.302 e. The van der Waals surface area contributed by atoms with Crippen LogP contribution in [0.5, 0.6) is 0 Å². The minimum atomic E-state index is -0.499. The van der Waals surface area contributed by atoms with Crippen molar-refractivity contribution in [3.63, 3.8) is 0 Å². The molecule has 0 saturated carbocycles. The lowest BCUT2D eigenvalue weighted by Crippen LogP contribution is -2.21. The lowest BCUT2D eigenvalue weighted by molar-refractivity contribution is 0.294. The molecule has 1 aromatic carbocycles. The van der Waals surface area contributed by atoms with Gasteiger partial charge in [0, 0.05) is 12.1 Å². The van der Waals surface area contributed by atoms with Gasteiger partial charge in [-0.3, -0.25) is 0 Å². The Kier molecular flexibility index (Phi) is 5.53. The Balaban J connectivity index is 2.71. The van der Waals surface area contributed by atoms with Crippen molar-refractivity contribution in [2.24, 2.45) is 5.92 Å². The number of hydrogen-bond donors (Lipinski definition) is 0. The number of nitrogens with zero attached hydrogens (tertiary/aromatic N) is 1. The summed E-state index contributed by atoms with van der Waals surface area (Å²) in [6.45, 7) is 5.40. The maximum atomic E-state index is 13.7. The molecule has 1 aromatic rings. The second-order valence-corrected chi connectivity index (χ2v) is 5.60. The van der Waals surface area contributed by atoms with Crippen LogP contribution in [-0.2, 0) is 6.54 Å². The first-order valence-electron chi connectivity index (χ1n) is 5.72. The van der Waals surface area contributed by atoms with Crippen LogP contribution in [-0.4, -0.2) is 18.5 Å². The summed E-state index contributed by atoms with van der Waals surface area (Å²) in [5.74, 6) is -0.391. The number of rotatable bonds is 5. The van der Waals surface area contributed by atoms with Gasteiger partial charge in [-0.1, -0.05) is 13.8 Å². The monoisotopic (exact) mass is 305 g/mol. The zero-order chi connectivity index (χ0) is 13.0. The van der Waals surface area contributed by atoms with E-state index in [1.165, 1.54) is 12.1 Å². The summed E-state index contributed by atoms with van der Waals surface area (Å²) in [4.78, 5) is 1.94. The normalized spacial score (nSPS) is 11.5. The summed E-state index contributed by atoms with van der Waals surface area (Å²) in [5, 5.41) is 0. The molecule has 0 radical (unpaired) electrons. The maximum absolute atomic E-state index is 13.7. The van der Waals surface area contributed by atoms with Crippen LogP contribution in [0.3, 0.4) is 0 Å². The average molecular weight is 306 g/mol.